The number of aliphatic hydroxyl groups excluding tert-OH is 1. The maximum atomic E-state index is 9.92. The zero-order valence-electron chi connectivity index (χ0n) is 14.7. The smallest absolute Gasteiger partial charge is 0.0930 e. The average molecular weight is 308 g/mol. The Hall–Kier alpha value is -2.02. The van der Waals surface area contributed by atoms with Crippen LogP contribution in [0.2, 0.25) is 0 Å². The lowest BCUT2D eigenvalue weighted by Crippen LogP contribution is -2.01. The molecule has 1 aromatic rings. The Morgan fingerprint density at radius 2 is 1.83 bits per heavy atom. The molecule has 0 spiro atoms. The van der Waals surface area contributed by atoms with Gasteiger partial charge in [-0.05, 0) is 63.7 Å². The summed E-state index contributed by atoms with van der Waals surface area (Å²) in [5.74, 6) is 0.492. The molecule has 0 bridgehead atoms. The fraction of sp³-hybridized carbons (Fsp3) is 0.364. The Labute approximate surface area is 140 Å². The zero-order chi connectivity index (χ0) is 16.8. The summed E-state index contributed by atoms with van der Waals surface area (Å²) in [5.41, 5.74) is 8.06. The number of aliphatic hydroxyl groups is 1. The van der Waals surface area contributed by atoms with Crippen molar-refractivity contribution in [2.45, 2.75) is 52.9 Å². The van der Waals surface area contributed by atoms with E-state index in [4.69, 9.17) is 0 Å². The number of allylic oxidation sites excluding steroid dienone is 6. The second-order valence-corrected chi connectivity index (χ2v) is 6.73. The van der Waals surface area contributed by atoms with Crippen molar-refractivity contribution in [3.63, 3.8) is 0 Å². The summed E-state index contributed by atoms with van der Waals surface area (Å²) >= 11 is 0. The minimum atomic E-state index is 0.492. The van der Waals surface area contributed by atoms with Crippen molar-refractivity contribution in [3.8, 4) is 0 Å². The van der Waals surface area contributed by atoms with Crippen LogP contribution in [0.4, 0.5) is 0 Å². The molecule has 23 heavy (non-hydrogen) atoms. The Morgan fingerprint density at radius 3 is 2.48 bits per heavy atom. The molecule has 0 atom stereocenters. The van der Waals surface area contributed by atoms with E-state index in [1.54, 1.807) is 0 Å². The molecule has 2 rings (SSSR count). The van der Waals surface area contributed by atoms with Gasteiger partial charge in [-0.3, -0.25) is 0 Å². The van der Waals surface area contributed by atoms with Crippen LogP contribution in [0, 0.1) is 0 Å². The first-order valence-corrected chi connectivity index (χ1v) is 8.41. The van der Waals surface area contributed by atoms with Gasteiger partial charge in [-0.15, -0.1) is 0 Å². The summed E-state index contributed by atoms with van der Waals surface area (Å²) in [6.07, 6.45) is 6.50. The normalized spacial score (nSPS) is 14.5. The van der Waals surface area contributed by atoms with E-state index in [9.17, 15) is 5.11 Å². The van der Waals surface area contributed by atoms with Gasteiger partial charge in [0.25, 0.3) is 0 Å². The molecule has 1 aromatic carbocycles. The van der Waals surface area contributed by atoms with Crippen LogP contribution in [-0.4, -0.2) is 5.11 Å². The molecule has 0 fully saturated rings. The molecule has 0 aromatic heterocycles. The lowest BCUT2D eigenvalue weighted by atomic mass is 9.87. The van der Waals surface area contributed by atoms with Crippen LogP contribution in [0.5, 0.6) is 0 Å². The predicted octanol–water partition coefficient (Wildman–Crippen LogP) is 6.76. The quantitative estimate of drug-likeness (QED) is 0.576. The molecular formula is C22H28O. The predicted molar refractivity (Wildman–Crippen MR) is 100 cm³/mol. The Bertz CT molecular complexity index is 652. The van der Waals surface area contributed by atoms with Gasteiger partial charge in [0.2, 0.25) is 0 Å². The van der Waals surface area contributed by atoms with E-state index >= 15 is 0 Å². The number of hydrogen-bond acceptors (Lipinski definition) is 1. The monoisotopic (exact) mass is 308 g/mol. The molecule has 122 valence electrons. The van der Waals surface area contributed by atoms with E-state index in [1.807, 2.05) is 12.1 Å². The molecule has 1 aliphatic rings. The topological polar surface area (TPSA) is 20.2 Å². The number of hydrogen-bond donors (Lipinski definition) is 1. The van der Waals surface area contributed by atoms with E-state index < -0.39 is 0 Å². The second-order valence-electron chi connectivity index (χ2n) is 6.73. The molecule has 0 amide bonds. The summed E-state index contributed by atoms with van der Waals surface area (Å²) in [6, 6.07) is 10.4. The molecule has 0 unspecified atom stereocenters. The Kier molecular flexibility index (Phi) is 6.04. The number of rotatable bonds is 6. The minimum Gasteiger partial charge on any atom is -0.512 e. The van der Waals surface area contributed by atoms with Crippen molar-refractivity contribution >= 4 is 5.57 Å². The molecule has 0 radical (unpaired) electrons. The fourth-order valence-corrected chi connectivity index (χ4v) is 2.91. The Balaban J connectivity index is 2.09. The second kappa shape index (κ2) is 8.01. The lowest BCUT2D eigenvalue weighted by Gasteiger charge is -2.20. The summed E-state index contributed by atoms with van der Waals surface area (Å²) in [6.45, 7) is 10.8. The molecule has 1 nitrogen and oxygen atoms in total. The first-order valence-electron chi connectivity index (χ1n) is 8.41. The third-order valence-electron chi connectivity index (χ3n) is 4.64. The Morgan fingerprint density at radius 1 is 1.13 bits per heavy atom. The largest absolute Gasteiger partial charge is 0.512 e. The molecule has 0 saturated carbocycles. The fourth-order valence-electron chi connectivity index (χ4n) is 2.91. The van der Waals surface area contributed by atoms with E-state index in [2.05, 4.69) is 51.6 Å². The average Bonchev–Trinajstić information content (AvgIpc) is 2.54. The van der Waals surface area contributed by atoms with Crippen LogP contribution in [0.25, 0.3) is 5.57 Å². The van der Waals surface area contributed by atoms with Gasteiger partial charge >= 0.3 is 0 Å². The maximum absolute atomic E-state index is 9.92. The van der Waals surface area contributed by atoms with Gasteiger partial charge in [0.1, 0.15) is 0 Å². The maximum Gasteiger partial charge on any atom is 0.0930 e. The first kappa shape index (κ1) is 17.3. The highest BCUT2D eigenvalue weighted by Crippen LogP contribution is 2.34. The van der Waals surface area contributed by atoms with E-state index in [-0.39, 0.29) is 0 Å². The van der Waals surface area contributed by atoms with Crippen molar-refractivity contribution in [1.29, 1.82) is 0 Å². The van der Waals surface area contributed by atoms with Gasteiger partial charge in [-0.2, -0.15) is 0 Å². The molecule has 0 heterocycles. The van der Waals surface area contributed by atoms with Gasteiger partial charge < -0.3 is 5.11 Å². The highest BCUT2D eigenvalue weighted by molar-refractivity contribution is 5.71. The van der Waals surface area contributed by atoms with Crippen molar-refractivity contribution in [2.24, 2.45) is 0 Å². The first-order chi connectivity index (χ1) is 11.0. The van der Waals surface area contributed by atoms with Crippen LogP contribution in [-0.2, 0) is 0 Å². The van der Waals surface area contributed by atoms with Gasteiger partial charge in [0.15, 0.2) is 0 Å². The highest BCUT2D eigenvalue weighted by atomic mass is 16.3. The van der Waals surface area contributed by atoms with E-state index in [1.165, 1.54) is 33.4 Å². The molecular weight excluding hydrogens is 280 g/mol. The van der Waals surface area contributed by atoms with E-state index in [0.29, 0.717) is 12.2 Å². The van der Waals surface area contributed by atoms with Crippen LogP contribution in [0.1, 0.15) is 58.4 Å². The highest BCUT2D eigenvalue weighted by Gasteiger charge is 2.15. The summed E-state index contributed by atoms with van der Waals surface area (Å²) in [5, 5.41) is 9.92. The van der Waals surface area contributed by atoms with Gasteiger partial charge in [0.05, 0.1) is 5.76 Å². The molecule has 0 aliphatic heterocycles. The minimum absolute atomic E-state index is 0.492. The number of benzene rings is 1. The summed E-state index contributed by atoms with van der Waals surface area (Å²) in [4.78, 5) is 0. The summed E-state index contributed by atoms with van der Waals surface area (Å²) in [7, 11) is 0. The third kappa shape index (κ3) is 4.99. The standard InChI is InChI=1S/C22H28O/c1-16(2)18(4)14-17(3)10-11-20-12-13-21(23)15-22(20)19-8-6-5-7-9-19/h5-9,13,23H,3,10-12,14-15H2,1-2,4H3. The van der Waals surface area contributed by atoms with Crippen LogP contribution < -0.4 is 0 Å². The molecule has 1 heteroatoms. The van der Waals surface area contributed by atoms with Gasteiger partial charge in [-0.25, -0.2) is 0 Å². The molecule has 1 N–H and O–H groups in total. The third-order valence-corrected chi connectivity index (χ3v) is 4.64. The molecule has 1 aliphatic carbocycles. The van der Waals surface area contributed by atoms with Crippen molar-refractivity contribution in [2.75, 3.05) is 0 Å². The van der Waals surface area contributed by atoms with Crippen LogP contribution >= 0.6 is 0 Å². The summed E-state index contributed by atoms with van der Waals surface area (Å²) < 4.78 is 0. The van der Waals surface area contributed by atoms with Crippen molar-refractivity contribution in [3.05, 3.63) is 76.6 Å². The van der Waals surface area contributed by atoms with Gasteiger partial charge in [0, 0.05) is 6.42 Å². The van der Waals surface area contributed by atoms with Gasteiger partial charge in [-0.1, -0.05) is 59.2 Å². The van der Waals surface area contributed by atoms with Crippen molar-refractivity contribution < 1.29 is 5.11 Å². The van der Waals surface area contributed by atoms with E-state index in [0.717, 1.165) is 25.7 Å². The van der Waals surface area contributed by atoms with Crippen molar-refractivity contribution in [1.82, 2.24) is 0 Å². The van der Waals surface area contributed by atoms with Crippen LogP contribution in [0.15, 0.2) is 71.0 Å². The lowest BCUT2D eigenvalue weighted by molar-refractivity contribution is 0.398. The zero-order valence-corrected chi connectivity index (χ0v) is 14.7. The SMILES string of the molecule is C=C(CCC1=C(c2ccccc2)CC(O)=CC1)CC(C)=C(C)C. The molecule has 0 saturated heterocycles. The van der Waals surface area contributed by atoms with Crippen LogP contribution in [0.3, 0.4) is 0 Å².